The van der Waals surface area contributed by atoms with Gasteiger partial charge in [0.1, 0.15) is 0 Å². The van der Waals surface area contributed by atoms with Crippen LogP contribution in [0.2, 0.25) is 0 Å². The summed E-state index contributed by atoms with van der Waals surface area (Å²) in [6.07, 6.45) is 17.8. The lowest BCUT2D eigenvalue weighted by Gasteiger charge is -2.05. The van der Waals surface area contributed by atoms with E-state index in [1.54, 1.807) is 12.2 Å². The second-order valence-corrected chi connectivity index (χ2v) is 5.74. The summed E-state index contributed by atoms with van der Waals surface area (Å²) in [7, 11) is 0. The standard InChI is InChI=1S/C19H30O2/c1-5-16(2)11-9-10-13-18(4)15-17(3)12-7-6-8-14-19(20)21/h6-8,10,13-17H,5,9,11-12H2,1-4H3,(H,20,21). The van der Waals surface area contributed by atoms with E-state index in [-0.39, 0.29) is 0 Å². The molecule has 2 nitrogen and oxygen atoms in total. The molecular weight excluding hydrogens is 260 g/mol. The fourth-order valence-corrected chi connectivity index (χ4v) is 1.94. The summed E-state index contributed by atoms with van der Waals surface area (Å²) < 4.78 is 0. The Hall–Kier alpha value is -1.57. The Kier molecular flexibility index (Phi) is 11.3. The van der Waals surface area contributed by atoms with E-state index in [0.29, 0.717) is 5.92 Å². The topological polar surface area (TPSA) is 37.3 Å². The van der Waals surface area contributed by atoms with Gasteiger partial charge in [0.2, 0.25) is 0 Å². The summed E-state index contributed by atoms with van der Waals surface area (Å²) in [5, 5.41) is 8.46. The highest BCUT2D eigenvalue weighted by Crippen LogP contribution is 2.12. The average molecular weight is 290 g/mol. The first kappa shape index (κ1) is 19.4. The van der Waals surface area contributed by atoms with Crippen LogP contribution in [-0.4, -0.2) is 11.1 Å². The molecule has 0 aromatic heterocycles. The highest BCUT2D eigenvalue weighted by Gasteiger charge is 1.96. The van der Waals surface area contributed by atoms with Crippen LogP contribution < -0.4 is 0 Å². The lowest BCUT2D eigenvalue weighted by molar-refractivity contribution is -0.131. The minimum absolute atomic E-state index is 0.457. The molecule has 2 atom stereocenters. The molecule has 0 heterocycles. The van der Waals surface area contributed by atoms with Crippen LogP contribution >= 0.6 is 0 Å². The second kappa shape index (κ2) is 12.2. The average Bonchev–Trinajstić information content (AvgIpc) is 2.42. The van der Waals surface area contributed by atoms with E-state index >= 15 is 0 Å². The molecule has 21 heavy (non-hydrogen) atoms. The van der Waals surface area contributed by atoms with E-state index in [2.05, 4.69) is 45.9 Å². The molecule has 118 valence electrons. The molecule has 0 aliphatic heterocycles. The molecular formula is C19H30O2. The Labute approximate surface area is 130 Å². The van der Waals surface area contributed by atoms with Crippen LogP contribution in [0.4, 0.5) is 0 Å². The molecule has 0 aliphatic carbocycles. The van der Waals surface area contributed by atoms with E-state index < -0.39 is 5.97 Å². The zero-order chi connectivity index (χ0) is 16.1. The summed E-state index contributed by atoms with van der Waals surface area (Å²) >= 11 is 0. The highest BCUT2D eigenvalue weighted by molar-refractivity contribution is 5.80. The van der Waals surface area contributed by atoms with Gasteiger partial charge in [0.05, 0.1) is 0 Å². The Morgan fingerprint density at radius 1 is 1.14 bits per heavy atom. The molecule has 0 saturated heterocycles. The van der Waals surface area contributed by atoms with E-state index in [9.17, 15) is 4.79 Å². The van der Waals surface area contributed by atoms with Crippen LogP contribution in [0, 0.1) is 11.8 Å². The third-order valence-electron chi connectivity index (χ3n) is 3.45. The van der Waals surface area contributed by atoms with Gasteiger partial charge >= 0.3 is 5.97 Å². The minimum atomic E-state index is -0.911. The Balaban J connectivity index is 4.06. The molecule has 0 rings (SSSR count). The number of carboxylic acid groups (broad SMARTS) is 1. The first-order valence-electron chi connectivity index (χ1n) is 7.86. The zero-order valence-electron chi connectivity index (χ0n) is 13.9. The fraction of sp³-hybridized carbons (Fsp3) is 0.526. The first-order valence-corrected chi connectivity index (χ1v) is 7.86. The van der Waals surface area contributed by atoms with E-state index in [4.69, 9.17) is 5.11 Å². The van der Waals surface area contributed by atoms with Crippen LogP contribution in [0.3, 0.4) is 0 Å². The molecule has 0 spiro atoms. The van der Waals surface area contributed by atoms with Crippen molar-refractivity contribution in [2.24, 2.45) is 11.8 Å². The van der Waals surface area contributed by atoms with E-state index in [1.165, 1.54) is 18.4 Å². The van der Waals surface area contributed by atoms with Gasteiger partial charge in [-0.25, -0.2) is 4.79 Å². The summed E-state index contributed by atoms with van der Waals surface area (Å²) in [4.78, 5) is 10.3. The SMILES string of the molecule is CCC(C)CCC=CC(C)=CC(C)CC=CC=CC(=O)O. The summed E-state index contributed by atoms with van der Waals surface area (Å²) in [6.45, 7) is 8.83. The number of carboxylic acids is 1. The molecule has 0 aromatic rings. The van der Waals surface area contributed by atoms with Crippen molar-refractivity contribution in [2.75, 3.05) is 0 Å². The maximum absolute atomic E-state index is 10.3. The number of allylic oxidation sites excluding steroid dienone is 7. The molecule has 0 aliphatic rings. The molecule has 0 bridgehead atoms. The highest BCUT2D eigenvalue weighted by atomic mass is 16.4. The van der Waals surface area contributed by atoms with Crippen molar-refractivity contribution in [3.05, 3.63) is 48.1 Å². The second-order valence-electron chi connectivity index (χ2n) is 5.74. The van der Waals surface area contributed by atoms with E-state index in [0.717, 1.165) is 24.8 Å². The number of hydrogen-bond donors (Lipinski definition) is 1. The van der Waals surface area contributed by atoms with Gasteiger partial charge in [-0.15, -0.1) is 0 Å². The summed E-state index contributed by atoms with van der Waals surface area (Å²) in [5.74, 6) is 0.353. The third-order valence-corrected chi connectivity index (χ3v) is 3.45. The minimum Gasteiger partial charge on any atom is -0.478 e. The van der Waals surface area contributed by atoms with Crippen LogP contribution in [0.1, 0.15) is 53.4 Å². The third kappa shape index (κ3) is 13.2. The van der Waals surface area contributed by atoms with Gasteiger partial charge in [-0.05, 0) is 38.0 Å². The molecule has 0 amide bonds. The quantitative estimate of drug-likeness (QED) is 0.424. The molecule has 2 heteroatoms. The van der Waals surface area contributed by atoms with Crippen molar-refractivity contribution >= 4 is 5.97 Å². The van der Waals surface area contributed by atoms with Gasteiger partial charge in [0.15, 0.2) is 0 Å². The Morgan fingerprint density at radius 3 is 2.48 bits per heavy atom. The van der Waals surface area contributed by atoms with Gasteiger partial charge in [-0.1, -0.05) is 69.2 Å². The number of carbonyl (C=O) groups is 1. The monoisotopic (exact) mass is 290 g/mol. The molecule has 2 unspecified atom stereocenters. The molecule has 1 N–H and O–H groups in total. The predicted molar refractivity (Wildman–Crippen MR) is 91.3 cm³/mol. The maximum Gasteiger partial charge on any atom is 0.328 e. The maximum atomic E-state index is 10.3. The van der Waals surface area contributed by atoms with Gasteiger partial charge in [0.25, 0.3) is 0 Å². The number of aliphatic carboxylic acids is 1. The van der Waals surface area contributed by atoms with Crippen molar-refractivity contribution < 1.29 is 9.90 Å². The first-order chi connectivity index (χ1) is 9.95. The summed E-state index contributed by atoms with van der Waals surface area (Å²) in [5.41, 5.74) is 1.29. The Morgan fingerprint density at radius 2 is 1.86 bits per heavy atom. The van der Waals surface area contributed by atoms with Gasteiger partial charge in [-0.2, -0.15) is 0 Å². The van der Waals surface area contributed by atoms with Crippen molar-refractivity contribution in [3.8, 4) is 0 Å². The van der Waals surface area contributed by atoms with Gasteiger partial charge < -0.3 is 5.11 Å². The molecule has 0 radical (unpaired) electrons. The lowest BCUT2D eigenvalue weighted by Crippen LogP contribution is -1.90. The lowest BCUT2D eigenvalue weighted by atomic mass is 10.0. The van der Waals surface area contributed by atoms with Crippen LogP contribution in [0.5, 0.6) is 0 Å². The number of rotatable bonds is 10. The number of hydrogen-bond acceptors (Lipinski definition) is 1. The predicted octanol–water partition coefficient (Wildman–Crippen LogP) is 5.54. The van der Waals surface area contributed by atoms with Crippen LogP contribution in [0.15, 0.2) is 48.1 Å². The van der Waals surface area contributed by atoms with Gasteiger partial charge in [0, 0.05) is 6.08 Å². The van der Waals surface area contributed by atoms with Crippen molar-refractivity contribution in [1.82, 2.24) is 0 Å². The van der Waals surface area contributed by atoms with Crippen molar-refractivity contribution in [1.29, 1.82) is 0 Å². The van der Waals surface area contributed by atoms with Crippen molar-refractivity contribution in [3.63, 3.8) is 0 Å². The molecule has 0 saturated carbocycles. The molecule has 0 aromatic carbocycles. The smallest absolute Gasteiger partial charge is 0.328 e. The zero-order valence-corrected chi connectivity index (χ0v) is 13.9. The van der Waals surface area contributed by atoms with Crippen LogP contribution in [0.25, 0.3) is 0 Å². The van der Waals surface area contributed by atoms with Crippen molar-refractivity contribution in [2.45, 2.75) is 53.4 Å². The fourth-order valence-electron chi connectivity index (χ4n) is 1.94. The normalized spacial score (nSPS) is 16.1. The largest absolute Gasteiger partial charge is 0.478 e. The molecule has 0 fully saturated rings. The van der Waals surface area contributed by atoms with Gasteiger partial charge in [-0.3, -0.25) is 0 Å². The van der Waals surface area contributed by atoms with Crippen LogP contribution in [-0.2, 0) is 4.79 Å². The Bertz CT molecular complexity index is 400. The summed E-state index contributed by atoms with van der Waals surface area (Å²) in [6, 6.07) is 0. The van der Waals surface area contributed by atoms with E-state index in [1.807, 2.05) is 6.08 Å².